The van der Waals surface area contributed by atoms with Gasteiger partial charge in [-0.2, -0.15) is 0 Å². The van der Waals surface area contributed by atoms with Crippen LogP contribution in [0.1, 0.15) is 31.1 Å². The number of nitrogens with zero attached hydrogens (tertiary/aromatic N) is 1. The number of benzene rings is 2. The van der Waals surface area contributed by atoms with Crippen molar-refractivity contribution in [3.63, 3.8) is 0 Å². The highest BCUT2D eigenvalue weighted by molar-refractivity contribution is 5.98. The molecule has 0 aliphatic heterocycles. The van der Waals surface area contributed by atoms with E-state index in [-0.39, 0.29) is 11.1 Å². The molecular weight excluding hydrogens is 386 g/mol. The van der Waals surface area contributed by atoms with Crippen molar-refractivity contribution in [2.24, 2.45) is 0 Å². The van der Waals surface area contributed by atoms with E-state index in [9.17, 15) is 29.3 Å². The van der Waals surface area contributed by atoms with Crippen molar-refractivity contribution in [1.29, 1.82) is 0 Å². The Labute approximate surface area is 163 Å². The van der Waals surface area contributed by atoms with Crippen LogP contribution in [0.4, 0.5) is 5.69 Å². The van der Waals surface area contributed by atoms with Gasteiger partial charge in [0.2, 0.25) is 0 Å². The predicted molar refractivity (Wildman–Crippen MR) is 96.8 cm³/mol. The first-order valence-electron chi connectivity index (χ1n) is 8.01. The number of carbonyl (C=O) groups excluding carboxylic acids is 4. The zero-order valence-electron chi connectivity index (χ0n) is 15.0. The van der Waals surface area contributed by atoms with Crippen molar-refractivity contribution in [2.75, 3.05) is 13.7 Å². The molecule has 29 heavy (non-hydrogen) atoms. The average Bonchev–Trinajstić information content (AvgIpc) is 2.75. The number of esters is 2. The molecule has 0 saturated heterocycles. The van der Waals surface area contributed by atoms with Crippen LogP contribution in [0.3, 0.4) is 0 Å². The number of hydrazine groups is 1. The van der Waals surface area contributed by atoms with Crippen molar-refractivity contribution in [2.45, 2.75) is 0 Å². The largest absolute Gasteiger partial charge is 0.465 e. The maximum absolute atomic E-state index is 12.1. The standard InChI is InChI=1S/C18H15N3O8/c1-28-17(24)12-7-13(9-14(8-12)21(26)27)18(25)29-10-15(22)19-20-16(23)11-5-3-2-4-6-11/h2-9H,10H2,1H3,(H,19,22)(H,20,23). The van der Waals surface area contributed by atoms with E-state index in [4.69, 9.17) is 4.74 Å². The average molecular weight is 401 g/mol. The Kier molecular flexibility index (Phi) is 6.96. The number of hydrogen-bond donors (Lipinski definition) is 2. The minimum Gasteiger partial charge on any atom is -0.465 e. The monoisotopic (exact) mass is 401 g/mol. The summed E-state index contributed by atoms with van der Waals surface area (Å²) in [5.74, 6) is -3.39. The van der Waals surface area contributed by atoms with Gasteiger partial charge < -0.3 is 9.47 Å². The number of carbonyl (C=O) groups is 4. The van der Waals surface area contributed by atoms with Gasteiger partial charge >= 0.3 is 11.9 Å². The van der Waals surface area contributed by atoms with Crippen LogP contribution < -0.4 is 10.9 Å². The van der Waals surface area contributed by atoms with Gasteiger partial charge in [-0.25, -0.2) is 9.59 Å². The van der Waals surface area contributed by atoms with Gasteiger partial charge in [-0.1, -0.05) is 18.2 Å². The van der Waals surface area contributed by atoms with Gasteiger partial charge in [-0.05, 0) is 18.2 Å². The number of nitro groups is 1. The highest BCUT2D eigenvalue weighted by Gasteiger charge is 2.20. The Morgan fingerprint density at radius 3 is 2.14 bits per heavy atom. The lowest BCUT2D eigenvalue weighted by molar-refractivity contribution is -0.384. The molecule has 2 aromatic carbocycles. The second-order valence-electron chi connectivity index (χ2n) is 5.46. The Balaban J connectivity index is 1.96. The van der Waals surface area contributed by atoms with Crippen LogP contribution in [0.5, 0.6) is 0 Å². The molecule has 0 aliphatic carbocycles. The molecule has 0 fully saturated rings. The Morgan fingerprint density at radius 1 is 0.931 bits per heavy atom. The Hall–Kier alpha value is -4.28. The number of nitrogens with one attached hydrogen (secondary N) is 2. The molecule has 0 spiro atoms. The fourth-order valence-corrected chi connectivity index (χ4v) is 2.11. The SMILES string of the molecule is COC(=O)c1cc(C(=O)OCC(=O)NNC(=O)c2ccccc2)cc([N+](=O)[O-])c1. The number of hydrogen-bond acceptors (Lipinski definition) is 8. The molecule has 11 nitrogen and oxygen atoms in total. The number of methoxy groups -OCH3 is 1. The molecule has 0 unspecified atom stereocenters. The van der Waals surface area contributed by atoms with E-state index in [1.165, 1.54) is 12.1 Å². The molecule has 0 saturated carbocycles. The van der Waals surface area contributed by atoms with Gasteiger partial charge in [-0.3, -0.25) is 30.6 Å². The third-order valence-corrected chi connectivity index (χ3v) is 3.47. The van der Waals surface area contributed by atoms with E-state index in [0.717, 1.165) is 25.3 Å². The van der Waals surface area contributed by atoms with Crippen molar-refractivity contribution in [1.82, 2.24) is 10.9 Å². The summed E-state index contributed by atoms with van der Waals surface area (Å²) in [7, 11) is 1.08. The number of ether oxygens (including phenoxy) is 2. The molecule has 0 aliphatic rings. The number of non-ortho nitro benzene ring substituents is 1. The summed E-state index contributed by atoms with van der Waals surface area (Å²) in [6.45, 7) is -0.774. The van der Waals surface area contributed by atoms with Gasteiger partial charge in [0.15, 0.2) is 6.61 Å². The molecule has 0 aromatic heterocycles. The molecular formula is C18H15N3O8. The van der Waals surface area contributed by atoms with Crippen LogP contribution in [-0.4, -0.2) is 42.4 Å². The maximum Gasteiger partial charge on any atom is 0.338 e. The molecule has 0 atom stereocenters. The lowest BCUT2D eigenvalue weighted by Gasteiger charge is -2.08. The molecule has 2 aromatic rings. The van der Waals surface area contributed by atoms with Crippen LogP contribution in [0.25, 0.3) is 0 Å². The second kappa shape index (κ2) is 9.60. The van der Waals surface area contributed by atoms with E-state index in [0.29, 0.717) is 5.56 Å². The van der Waals surface area contributed by atoms with E-state index < -0.39 is 41.0 Å². The van der Waals surface area contributed by atoms with Crippen molar-refractivity contribution in [3.8, 4) is 0 Å². The van der Waals surface area contributed by atoms with Crippen LogP contribution >= 0.6 is 0 Å². The van der Waals surface area contributed by atoms with E-state index in [1.807, 2.05) is 0 Å². The van der Waals surface area contributed by atoms with Crippen LogP contribution in [0, 0.1) is 10.1 Å². The Morgan fingerprint density at radius 2 is 1.55 bits per heavy atom. The summed E-state index contributed by atoms with van der Waals surface area (Å²) < 4.78 is 9.23. The number of rotatable bonds is 6. The fourth-order valence-electron chi connectivity index (χ4n) is 2.11. The van der Waals surface area contributed by atoms with E-state index in [2.05, 4.69) is 15.6 Å². The van der Waals surface area contributed by atoms with Gasteiger partial charge in [0.05, 0.1) is 23.2 Å². The summed E-state index contributed by atoms with van der Waals surface area (Å²) in [5, 5.41) is 11.0. The number of amides is 2. The topological polar surface area (TPSA) is 154 Å². The minimum absolute atomic E-state index is 0.228. The second-order valence-corrected chi connectivity index (χ2v) is 5.46. The smallest absolute Gasteiger partial charge is 0.338 e. The van der Waals surface area contributed by atoms with Crippen molar-refractivity contribution < 1.29 is 33.6 Å². The van der Waals surface area contributed by atoms with Gasteiger partial charge in [0.25, 0.3) is 17.5 Å². The number of nitro benzene ring substituents is 1. The zero-order chi connectivity index (χ0) is 21.4. The fraction of sp³-hybridized carbons (Fsp3) is 0.111. The van der Waals surface area contributed by atoms with Gasteiger partial charge in [0.1, 0.15) is 0 Å². The highest BCUT2D eigenvalue weighted by Crippen LogP contribution is 2.18. The Bertz CT molecular complexity index is 959. The zero-order valence-corrected chi connectivity index (χ0v) is 15.0. The molecule has 2 rings (SSSR count). The van der Waals surface area contributed by atoms with Crippen molar-refractivity contribution in [3.05, 3.63) is 75.3 Å². The summed E-state index contributed by atoms with van der Waals surface area (Å²) in [6, 6.07) is 10.9. The predicted octanol–water partition coefficient (Wildman–Crippen LogP) is 0.999. The lowest BCUT2D eigenvalue weighted by atomic mass is 10.1. The summed E-state index contributed by atoms with van der Waals surface area (Å²) >= 11 is 0. The summed E-state index contributed by atoms with van der Waals surface area (Å²) in [6.07, 6.45) is 0. The lowest BCUT2D eigenvalue weighted by Crippen LogP contribution is -2.43. The molecule has 2 amide bonds. The molecule has 0 heterocycles. The van der Waals surface area contributed by atoms with E-state index in [1.54, 1.807) is 18.2 Å². The van der Waals surface area contributed by atoms with Crippen LogP contribution in [0.15, 0.2) is 48.5 Å². The minimum atomic E-state index is -1.08. The first-order chi connectivity index (χ1) is 13.8. The molecule has 150 valence electrons. The van der Waals surface area contributed by atoms with Crippen LogP contribution in [0.2, 0.25) is 0 Å². The van der Waals surface area contributed by atoms with Crippen molar-refractivity contribution >= 4 is 29.4 Å². The quantitative estimate of drug-likeness (QED) is 0.413. The van der Waals surface area contributed by atoms with Gasteiger partial charge in [-0.15, -0.1) is 0 Å². The maximum atomic E-state index is 12.1. The molecule has 2 N–H and O–H groups in total. The van der Waals surface area contributed by atoms with Gasteiger partial charge in [0, 0.05) is 17.7 Å². The molecule has 11 heteroatoms. The highest BCUT2D eigenvalue weighted by atomic mass is 16.6. The normalized spacial score (nSPS) is 9.83. The van der Waals surface area contributed by atoms with Crippen LogP contribution in [-0.2, 0) is 14.3 Å². The first kappa shape index (κ1) is 21.0. The third-order valence-electron chi connectivity index (χ3n) is 3.47. The van der Waals surface area contributed by atoms with E-state index >= 15 is 0 Å². The first-order valence-corrected chi connectivity index (χ1v) is 8.01. The third kappa shape index (κ3) is 5.85. The summed E-state index contributed by atoms with van der Waals surface area (Å²) in [4.78, 5) is 57.4. The summed E-state index contributed by atoms with van der Waals surface area (Å²) in [5.41, 5.74) is 3.42. The molecule has 0 bridgehead atoms. The molecule has 0 radical (unpaired) electrons.